The van der Waals surface area contributed by atoms with Crippen LogP contribution in [0.25, 0.3) is 0 Å². The largest absolute Gasteiger partial charge is 0.497 e. The minimum atomic E-state index is 0.0550. The predicted octanol–water partition coefficient (Wildman–Crippen LogP) is 3.95. The number of carbonyl (C=O) groups excluding carboxylic acids is 1. The first kappa shape index (κ1) is 18.9. The first-order chi connectivity index (χ1) is 12.7. The number of nitrogens with one attached hydrogen (secondary N) is 1. The normalized spacial score (nSPS) is 15.6. The molecule has 1 N–H and O–H groups in total. The number of likely N-dealkylation sites (tertiary alicyclic amines) is 1. The molecule has 0 radical (unpaired) electrons. The smallest absolute Gasteiger partial charge is 0.224 e. The quantitative estimate of drug-likeness (QED) is 0.742. The highest BCUT2D eigenvalue weighted by molar-refractivity contribution is 9.10. The molecule has 0 spiro atoms. The molecule has 1 unspecified atom stereocenters. The number of ether oxygens (including phenoxy) is 1. The van der Waals surface area contributed by atoms with Gasteiger partial charge in [-0.3, -0.25) is 9.69 Å². The molecule has 1 amide bonds. The summed E-state index contributed by atoms with van der Waals surface area (Å²) in [5.74, 6) is 0.910. The van der Waals surface area contributed by atoms with Crippen LogP contribution in [-0.2, 0) is 11.2 Å². The van der Waals surface area contributed by atoms with E-state index in [-0.39, 0.29) is 11.9 Å². The third kappa shape index (κ3) is 5.08. The number of hydrogen-bond acceptors (Lipinski definition) is 3. The number of nitrogens with zero attached hydrogens (tertiary/aromatic N) is 1. The lowest BCUT2D eigenvalue weighted by Gasteiger charge is -2.28. The zero-order valence-electron chi connectivity index (χ0n) is 15.1. The predicted molar refractivity (Wildman–Crippen MR) is 107 cm³/mol. The van der Waals surface area contributed by atoms with Crippen molar-refractivity contribution in [1.82, 2.24) is 10.2 Å². The van der Waals surface area contributed by atoms with Crippen molar-refractivity contribution in [3.63, 3.8) is 0 Å². The highest BCUT2D eigenvalue weighted by Gasteiger charge is 2.24. The first-order valence-corrected chi connectivity index (χ1v) is 9.84. The van der Waals surface area contributed by atoms with E-state index in [2.05, 4.69) is 38.3 Å². The average Bonchev–Trinajstić information content (AvgIpc) is 3.18. The van der Waals surface area contributed by atoms with Gasteiger partial charge in [-0.1, -0.05) is 40.2 Å². The molecule has 0 aromatic heterocycles. The highest BCUT2D eigenvalue weighted by Crippen LogP contribution is 2.27. The number of halogens is 1. The van der Waals surface area contributed by atoms with E-state index in [1.807, 2.05) is 36.4 Å². The zero-order valence-corrected chi connectivity index (χ0v) is 16.7. The van der Waals surface area contributed by atoms with Crippen LogP contribution in [0.15, 0.2) is 53.0 Å². The van der Waals surface area contributed by atoms with Gasteiger partial charge in [0, 0.05) is 11.0 Å². The van der Waals surface area contributed by atoms with Crippen molar-refractivity contribution in [2.45, 2.75) is 25.3 Å². The molecule has 0 bridgehead atoms. The molecule has 0 saturated carbocycles. The number of carbonyl (C=O) groups is 1. The van der Waals surface area contributed by atoms with E-state index in [1.165, 1.54) is 18.4 Å². The fraction of sp³-hybridized carbons (Fsp3) is 0.381. The molecule has 1 atom stereocenters. The van der Waals surface area contributed by atoms with Gasteiger partial charge in [-0.2, -0.15) is 0 Å². The summed E-state index contributed by atoms with van der Waals surface area (Å²) in [6.45, 7) is 2.76. The summed E-state index contributed by atoms with van der Waals surface area (Å²) in [6, 6.07) is 16.2. The number of amides is 1. The molecule has 26 heavy (non-hydrogen) atoms. The Morgan fingerprint density at radius 2 is 1.92 bits per heavy atom. The van der Waals surface area contributed by atoms with E-state index in [0.29, 0.717) is 13.0 Å². The average molecular weight is 417 g/mol. The van der Waals surface area contributed by atoms with Gasteiger partial charge in [-0.05, 0) is 61.3 Å². The van der Waals surface area contributed by atoms with Gasteiger partial charge in [0.25, 0.3) is 0 Å². The Balaban J connectivity index is 1.65. The maximum Gasteiger partial charge on any atom is 0.224 e. The Kier molecular flexibility index (Phi) is 6.69. The van der Waals surface area contributed by atoms with E-state index in [4.69, 9.17) is 4.74 Å². The van der Waals surface area contributed by atoms with Gasteiger partial charge in [0.05, 0.1) is 19.6 Å². The SMILES string of the molecule is COc1cccc(C(CNC(=O)Cc2ccc(Br)cc2)N2CCCC2)c1. The second kappa shape index (κ2) is 9.19. The van der Waals surface area contributed by atoms with Crippen LogP contribution in [0, 0.1) is 0 Å². The van der Waals surface area contributed by atoms with Gasteiger partial charge in [0.2, 0.25) is 5.91 Å². The van der Waals surface area contributed by atoms with Crippen molar-refractivity contribution in [1.29, 1.82) is 0 Å². The summed E-state index contributed by atoms with van der Waals surface area (Å²) in [5, 5.41) is 3.13. The molecular weight excluding hydrogens is 392 g/mol. The minimum Gasteiger partial charge on any atom is -0.497 e. The number of benzene rings is 2. The number of rotatable bonds is 7. The summed E-state index contributed by atoms with van der Waals surface area (Å²) in [6.07, 6.45) is 2.83. The molecule has 2 aromatic carbocycles. The van der Waals surface area contributed by atoms with Crippen LogP contribution in [0.2, 0.25) is 0 Å². The van der Waals surface area contributed by atoms with Crippen LogP contribution in [-0.4, -0.2) is 37.6 Å². The molecule has 5 heteroatoms. The molecule has 1 aliphatic rings. The number of hydrogen-bond donors (Lipinski definition) is 1. The van der Waals surface area contributed by atoms with Crippen molar-refractivity contribution in [3.8, 4) is 5.75 Å². The topological polar surface area (TPSA) is 41.6 Å². The van der Waals surface area contributed by atoms with E-state index in [0.717, 1.165) is 28.9 Å². The van der Waals surface area contributed by atoms with E-state index in [1.54, 1.807) is 7.11 Å². The Hall–Kier alpha value is -1.85. The molecule has 0 aliphatic carbocycles. The second-order valence-corrected chi connectivity index (χ2v) is 7.56. The van der Waals surface area contributed by atoms with Crippen molar-refractivity contribution >= 4 is 21.8 Å². The molecule has 1 aliphatic heterocycles. The Morgan fingerprint density at radius 1 is 1.19 bits per heavy atom. The van der Waals surface area contributed by atoms with Crippen LogP contribution in [0.5, 0.6) is 5.75 Å². The lowest BCUT2D eigenvalue weighted by Crippen LogP contribution is -2.37. The van der Waals surface area contributed by atoms with Crippen LogP contribution in [0.3, 0.4) is 0 Å². The molecular formula is C21H25BrN2O2. The molecule has 2 aromatic rings. The van der Waals surface area contributed by atoms with E-state index >= 15 is 0 Å². The van der Waals surface area contributed by atoms with Crippen LogP contribution < -0.4 is 10.1 Å². The van der Waals surface area contributed by atoms with Gasteiger partial charge < -0.3 is 10.1 Å². The Labute approximate surface area is 163 Å². The Morgan fingerprint density at radius 3 is 2.62 bits per heavy atom. The van der Waals surface area contributed by atoms with Crippen molar-refractivity contribution in [2.75, 3.05) is 26.7 Å². The Bertz CT molecular complexity index is 727. The molecule has 1 heterocycles. The maximum absolute atomic E-state index is 12.4. The summed E-state index contributed by atoms with van der Waals surface area (Å²) >= 11 is 3.42. The third-order valence-corrected chi connectivity index (χ3v) is 5.36. The number of methoxy groups -OCH3 is 1. The lowest BCUT2D eigenvalue weighted by atomic mass is 10.0. The summed E-state index contributed by atoms with van der Waals surface area (Å²) in [5.41, 5.74) is 2.21. The van der Waals surface area contributed by atoms with Crippen molar-refractivity contribution in [2.24, 2.45) is 0 Å². The van der Waals surface area contributed by atoms with Crippen LogP contribution in [0.1, 0.15) is 30.0 Å². The van der Waals surface area contributed by atoms with E-state index in [9.17, 15) is 4.79 Å². The standard InChI is InChI=1S/C21H25BrN2O2/c1-26-19-6-4-5-17(14-19)20(24-11-2-3-12-24)15-23-21(25)13-16-7-9-18(22)10-8-16/h4-10,14,20H,2-3,11-13,15H2,1H3,(H,23,25). The summed E-state index contributed by atoms with van der Waals surface area (Å²) in [4.78, 5) is 14.9. The molecule has 1 saturated heterocycles. The van der Waals surface area contributed by atoms with Crippen molar-refractivity contribution in [3.05, 3.63) is 64.1 Å². The van der Waals surface area contributed by atoms with Gasteiger partial charge in [-0.25, -0.2) is 0 Å². The zero-order chi connectivity index (χ0) is 18.4. The molecule has 138 valence electrons. The lowest BCUT2D eigenvalue weighted by molar-refractivity contribution is -0.120. The maximum atomic E-state index is 12.4. The highest BCUT2D eigenvalue weighted by atomic mass is 79.9. The van der Waals surface area contributed by atoms with Gasteiger partial charge in [0.1, 0.15) is 5.75 Å². The second-order valence-electron chi connectivity index (χ2n) is 6.64. The third-order valence-electron chi connectivity index (χ3n) is 4.83. The molecule has 4 nitrogen and oxygen atoms in total. The molecule has 3 rings (SSSR count). The van der Waals surface area contributed by atoms with Gasteiger partial charge in [0.15, 0.2) is 0 Å². The van der Waals surface area contributed by atoms with Crippen LogP contribution >= 0.6 is 15.9 Å². The first-order valence-electron chi connectivity index (χ1n) is 9.05. The fourth-order valence-electron chi connectivity index (χ4n) is 3.42. The molecule has 1 fully saturated rings. The summed E-state index contributed by atoms with van der Waals surface area (Å²) in [7, 11) is 1.68. The fourth-order valence-corrected chi connectivity index (χ4v) is 3.68. The van der Waals surface area contributed by atoms with Gasteiger partial charge in [-0.15, -0.1) is 0 Å². The van der Waals surface area contributed by atoms with Crippen molar-refractivity contribution < 1.29 is 9.53 Å². The monoisotopic (exact) mass is 416 g/mol. The van der Waals surface area contributed by atoms with Crippen LogP contribution in [0.4, 0.5) is 0 Å². The van der Waals surface area contributed by atoms with Gasteiger partial charge >= 0.3 is 0 Å². The minimum absolute atomic E-state index is 0.0550. The van der Waals surface area contributed by atoms with E-state index < -0.39 is 0 Å². The summed E-state index contributed by atoms with van der Waals surface area (Å²) < 4.78 is 6.39.